The van der Waals surface area contributed by atoms with Gasteiger partial charge in [-0.3, -0.25) is 19.6 Å². The summed E-state index contributed by atoms with van der Waals surface area (Å²) in [7, 11) is 0. The van der Waals surface area contributed by atoms with Gasteiger partial charge in [0.1, 0.15) is 0 Å². The van der Waals surface area contributed by atoms with Crippen molar-refractivity contribution in [1.82, 2.24) is 24.9 Å². The van der Waals surface area contributed by atoms with Gasteiger partial charge >= 0.3 is 0 Å². The quantitative estimate of drug-likeness (QED) is 0.352. The van der Waals surface area contributed by atoms with Crippen molar-refractivity contribution in [2.45, 2.75) is 60.8 Å². The monoisotopic (exact) mass is 1060 g/mol. The topological polar surface area (TPSA) is 163 Å². The Hall–Kier alpha value is -0.800. The van der Waals surface area contributed by atoms with Gasteiger partial charge in [-0.25, -0.2) is 0 Å². The Labute approximate surface area is 445 Å². The molecule has 0 radical (unpaired) electrons. The number of nitrogens with one attached hydrogen (secondary N) is 1. The molecule has 6 heterocycles. The van der Waals surface area contributed by atoms with E-state index in [1.165, 1.54) is 0 Å². The van der Waals surface area contributed by atoms with Crippen LogP contribution in [0.3, 0.4) is 0 Å². The van der Waals surface area contributed by atoms with E-state index in [0.29, 0.717) is 132 Å². The van der Waals surface area contributed by atoms with Gasteiger partial charge in [0.2, 0.25) is 0 Å². The van der Waals surface area contributed by atoms with Gasteiger partial charge in [-0.05, 0) is 19.3 Å². The SMILES string of the molecule is C1CCOCCOCCNCCOCCOCC1.C1COCCN2CCOCCOCCN(CCO1)CCOCC2.C1COCCN2CCOCCOCCN(CCO1)CCOCCOCC2.CC.CC.CC. The van der Waals surface area contributed by atoms with Gasteiger partial charge in [-0.1, -0.05) is 41.5 Å². The van der Waals surface area contributed by atoms with E-state index in [4.69, 9.17) is 71.1 Å². The Balaban J connectivity index is 0.00000103. The first kappa shape index (κ1) is 72.2. The van der Waals surface area contributed by atoms with Crippen molar-refractivity contribution in [2.24, 2.45) is 0 Å². The van der Waals surface area contributed by atoms with Crippen LogP contribution in [-0.4, -0.2) is 309 Å². The highest BCUT2D eigenvalue weighted by Gasteiger charge is 2.11. The molecular weight excluding hydrogens is 947 g/mol. The fourth-order valence-electron chi connectivity index (χ4n) is 7.02. The summed E-state index contributed by atoms with van der Waals surface area (Å²) in [6.45, 7) is 45.2. The summed E-state index contributed by atoms with van der Waals surface area (Å²) in [5, 5.41) is 3.26. The van der Waals surface area contributed by atoms with Crippen LogP contribution >= 0.6 is 0 Å². The molecule has 440 valence electrons. The lowest BCUT2D eigenvalue weighted by molar-refractivity contribution is -0.0103. The summed E-state index contributed by atoms with van der Waals surface area (Å²) >= 11 is 0. The van der Waals surface area contributed by atoms with E-state index < -0.39 is 0 Å². The summed E-state index contributed by atoms with van der Waals surface area (Å²) in [4.78, 5) is 9.29. The molecule has 1 N–H and O–H groups in total. The first-order valence-corrected chi connectivity index (χ1v) is 28.7. The number of nitrogens with zero attached hydrogens (tertiary/aromatic N) is 4. The van der Waals surface area contributed by atoms with Crippen LogP contribution in [0.15, 0.2) is 0 Å². The number of rotatable bonds is 0. The molecule has 0 saturated carbocycles. The van der Waals surface area contributed by atoms with E-state index in [2.05, 4.69) is 24.9 Å². The van der Waals surface area contributed by atoms with Gasteiger partial charge in [0, 0.05) is 105 Å². The average molecular weight is 1060 g/mol. The Morgan fingerprint density at radius 2 is 0.329 bits per heavy atom. The molecule has 6 fully saturated rings. The van der Waals surface area contributed by atoms with Crippen LogP contribution in [0.4, 0.5) is 0 Å². The number of hydrogen-bond donors (Lipinski definition) is 1. The molecule has 4 bridgehead atoms. The van der Waals surface area contributed by atoms with Crippen LogP contribution in [0.2, 0.25) is 0 Å². The third kappa shape index (κ3) is 53.0. The Bertz CT molecular complexity index is 814. The molecule has 6 aliphatic rings. The van der Waals surface area contributed by atoms with Crippen LogP contribution in [0.5, 0.6) is 0 Å². The highest BCUT2D eigenvalue weighted by molar-refractivity contribution is 4.62. The van der Waals surface area contributed by atoms with Crippen LogP contribution in [0.1, 0.15) is 60.8 Å². The minimum atomic E-state index is 0.632. The van der Waals surface area contributed by atoms with E-state index in [9.17, 15) is 0 Å². The highest BCUT2D eigenvalue weighted by atomic mass is 16.6. The van der Waals surface area contributed by atoms with Crippen molar-refractivity contribution in [2.75, 3.05) is 290 Å². The molecule has 0 amide bonds. The Morgan fingerprint density at radius 1 is 0.178 bits per heavy atom. The maximum Gasteiger partial charge on any atom is 0.0701 e. The molecule has 73 heavy (non-hydrogen) atoms. The zero-order chi connectivity index (χ0) is 52.9. The predicted molar refractivity (Wildman–Crippen MR) is 289 cm³/mol. The minimum Gasteiger partial charge on any atom is -0.379 e. The lowest BCUT2D eigenvalue weighted by Gasteiger charge is -2.24. The molecular formula is C53H113N5O15. The Kier molecular flexibility index (Phi) is 63.0. The largest absolute Gasteiger partial charge is 0.379 e. The first-order chi connectivity index (χ1) is 36.4. The van der Waals surface area contributed by atoms with E-state index in [1.807, 2.05) is 41.5 Å². The molecule has 6 aliphatic heterocycles. The van der Waals surface area contributed by atoms with Gasteiger partial charge in [-0.2, -0.15) is 0 Å². The maximum atomic E-state index is 5.80. The zero-order valence-corrected chi connectivity index (χ0v) is 47.6. The molecule has 6 saturated heterocycles. The van der Waals surface area contributed by atoms with E-state index >= 15 is 0 Å². The predicted octanol–water partition coefficient (Wildman–Crippen LogP) is 3.32. The number of fused-ring (bicyclic) bond motifs is 27. The van der Waals surface area contributed by atoms with Crippen molar-refractivity contribution in [3.05, 3.63) is 0 Å². The fourth-order valence-corrected chi connectivity index (χ4v) is 7.02. The van der Waals surface area contributed by atoms with Crippen molar-refractivity contribution in [1.29, 1.82) is 0 Å². The van der Waals surface area contributed by atoms with Crippen molar-refractivity contribution < 1.29 is 71.1 Å². The summed E-state index contributed by atoms with van der Waals surface area (Å²) in [6.07, 6.45) is 3.36. The summed E-state index contributed by atoms with van der Waals surface area (Å²) in [5.74, 6) is 0. The molecule has 20 nitrogen and oxygen atoms in total. The molecule has 0 aliphatic carbocycles. The van der Waals surface area contributed by atoms with Gasteiger partial charge in [0.15, 0.2) is 0 Å². The van der Waals surface area contributed by atoms with E-state index in [1.54, 1.807) is 0 Å². The number of hydrogen-bond acceptors (Lipinski definition) is 20. The lowest BCUT2D eigenvalue weighted by atomic mass is 10.2. The van der Waals surface area contributed by atoms with Crippen molar-refractivity contribution in [3.63, 3.8) is 0 Å². The molecule has 0 spiro atoms. The number of ether oxygens (including phenoxy) is 15. The second-order valence-corrected chi connectivity index (χ2v) is 16.4. The summed E-state index contributed by atoms with van der Waals surface area (Å²) in [5.41, 5.74) is 0. The molecule has 0 unspecified atom stereocenters. The second kappa shape index (κ2) is 63.7. The van der Waals surface area contributed by atoms with Crippen molar-refractivity contribution >= 4 is 0 Å². The van der Waals surface area contributed by atoms with Gasteiger partial charge in [-0.15, -0.1) is 0 Å². The van der Waals surface area contributed by atoms with E-state index in [0.717, 1.165) is 177 Å². The third-order valence-electron chi connectivity index (χ3n) is 11.1. The zero-order valence-electron chi connectivity index (χ0n) is 47.6. The van der Waals surface area contributed by atoms with Crippen molar-refractivity contribution in [3.8, 4) is 0 Å². The maximum absolute atomic E-state index is 5.80. The summed E-state index contributed by atoms with van der Waals surface area (Å²) in [6, 6.07) is 0. The first-order valence-electron chi connectivity index (χ1n) is 28.7. The highest BCUT2D eigenvalue weighted by Crippen LogP contribution is 2.00. The summed E-state index contributed by atoms with van der Waals surface area (Å²) < 4.78 is 84.4. The lowest BCUT2D eigenvalue weighted by Crippen LogP contribution is -2.36. The molecule has 0 aromatic rings. The molecule has 0 aromatic carbocycles. The minimum absolute atomic E-state index is 0.632. The molecule has 0 atom stereocenters. The van der Waals surface area contributed by atoms with Crippen LogP contribution in [0.25, 0.3) is 0 Å². The average Bonchev–Trinajstić information content (AvgIpc) is 3.44. The molecule has 0 aromatic heterocycles. The van der Waals surface area contributed by atoms with Gasteiger partial charge < -0.3 is 76.4 Å². The standard InChI is InChI=1S/C18H36N2O6.C16H32N2O5.C13H27NO4.3C2H6/c1-7-21-13-14-24-10-4-20-5-11-25-17-15-22-8-2-19(1)3-9-23-16-18-26-12-6-20;1-7-19-8-2-18-5-11-22-15-13-20-9-3-17(1)4-10-21-14-16-23-12-6-18;1-2-6-15-10-12-17-8-4-14-5-9-18-13-11-16-7-3-1;3*1-2/h1-18H2;1-16H2;14H,1-13H2;3*1-2H3. The molecule has 20 heteroatoms. The van der Waals surface area contributed by atoms with Crippen LogP contribution in [0, 0.1) is 0 Å². The fraction of sp³-hybridized carbons (Fsp3) is 1.00. The van der Waals surface area contributed by atoms with E-state index in [-0.39, 0.29) is 0 Å². The third-order valence-corrected chi connectivity index (χ3v) is 11.1. The van der Waals surface area contributed by atoms with Gasteiger partial charge in [0.25, 0.3) is 0 Å². The second-order valence-electron chi connectivity index (χ2n) is 16.4. The molecule has 6 rings (SSSR count). The smallest absolute Gasteiger partial charge is 0.0701 e. The van der Waals surface area contributed by atoms with Crippen LogP contribution in [-0.2, 0) is 71.1 Å². The van der Waals surface area contributed by atoms with Gasteiger partial charge in [0.05, 0.1) is 185 Å². The Morgan fingerprint density at radius 3 is 0.521 bits per heavy atom. The van der Waals surface area contributed by atoms with Crippen LogP contribution < -0.4 is 5.32 Å². The normalized spacial score (nSPS) is 26.9.